The fourth-order valence-corrected chi connectivity index (χ4v) is 2.72. The van der Waals surface area contributed by atoms with Gasteiger partial charge in [-0.1, -0.05) is 6.07 Å². The van der Waals surface area contributed by atoms with Gasteiger partial charge in [-0.25, -0.2) is 4.98 Å². The number of amides is 1. The highest BCUT2D eigenvalue weighted by molar-refractivity contribution is 5.89. The fraction of sp³-hybridized carbons (Fsp3) is 0.353. The van der Waals surface area contributed by atoms with Crippen LogP contribution in [0.15, 0.2) is 30.3 Å². The molecule has 1 fully saturated rings. The lowest BCUT2D eigenvalue weighted by molar-refractivity contribution is -0.114. The number of nitrogens with zero attached hydrogens (tertiary/aromatic N) is 3. The second kappa shape index (κ2) is 6.64. The van der Waals surface area contributed by atoms with Gasteiger partial charge in [-0.2, -0.15) is 4.98 Å². The molecule has 1 aromatic heterocycles. The van der Waals surface area contributed by atoms with Gasteiger partial charge in [0.2, 0.25) is 11.9 Å². The normalized spacial score (nSPS) is 13.9. The van der Waals surface area contributed by atoms with Gasteiger partial charge in [0.05, 0.1) is 0 Å². The third-order valence-corrected chi connectivity index (χ3v) is 3.71. The van der Waals surface area contributed by atoms with Gasteiger partial charge in [0, 0.05) is 43.1 Å². The van der Waals surface area contributed by atoms with Gasteiger partial charge in [0.25, 0.3) is 0 Å². The highest BCUT2D eigenvalue weighted by Crippen LogP contribution is 2.22. The van der Waals surface area contributed by atoms with Crippen LogP contribution in [0.4, 0.5) is 23.1 Å². The summed E-state index contributed by atoms with van der Waals surface area (Å²) in [6.45, 7) is 5.56. The smallest absolute Gasteiger partial charge is 0.229 e. The van der Waals surface area contributed by atoms with Crippen LogP contribution in [0.1, 0.15) is 25.5 Å². The van der Waals surface area contributed by atoms with Crippen molar-refractivity contribution in [2.24, 2.45) is 0 Å². The van der Waals surface area contributed by atoms with Crippen molar-refractivity contribution in [3.8, 4) is 0 Å². The van der Waals surface area contributed by atoms with Crippen LogP contribution < -0.4 is 15.5 Å². The molecule has 6 heteroatoms. The van der Waals surface area contributed by atoms with Crippen LogP contribution in [0, 0.1) is 6.92 Å². The van der Waals surface area contributed by atoms with Gasteiger partial charge in [0.15, 0.2) is 0 Å². The Morgan fingerprint density at radius 1 is 1.13 bits per heavy atom. The molecule has 1 aliphatic heterocycles. The number of rotatable bonds is 4. The van der Waals surface area contributed by atoms with E-state index in [2.05, 4.69) is 25.5 Å². The first-order valence-corrected chi connectivity index (χ1v) is 7.85. The SMILES string of the molecule is CC(=O)Nc1cccc(Nc2nc(C)cc(N3CCCC3)n2)c1. The molecule has 1 aliphatic rings. The molecule has 1 saturated heterocycles. The summed E-state index contributed by atoms with van der Waals surface area (Å²) >= 11 is 0. The van der Waals surface area contributed by atoms with Crippen molar-refractivity contribution in [1.29, 1.82) is 0 Å². The molecular weight excluding hydrogens is 290 g/mol. The van der Waals surface area contributed by atoms with Crippen LogP contribution in [-0.4, -0.2) is 29.0 Å². The minimum Gasteiger partial charge on any atom is -0.356 e. The molecular formula is C17H21N5O. The molecule has 3 rings (SSSR count). The number of carbonyl (C=O) groups excluding carboxylic acids is 1. The number of nitrogens with one attached hydrogen (secondary N) is 2. The third kappa shape index (κ3) is 3.97. The van der Waals surface area contributed by atoms with Crippen molar-refractivity contribution >= 4 is 29.0 Å². The van der Waals surface area contributed by atoms with Crippen molar-refractivity contribution < 1.29 is 4.79 Å². The van der Waals surface area contributed by atoms with Crippen LogP contribution in [0.25, 0.3) is 0 Å². The van der Waals surface area contributed by atoms with Gasteiger partial charge < -0.3 is 15.5 Å². The van der Waals surface area contributed by atoms with E-state index in [0.29, 0.717) is 5.95 Å². The van der Waals surface area contributed by atoms with Gasteiger partial charge in [0.1, 0.15) is 5.82 Å². The number of aryl methyl sites for hydroxylation is 1. The molecule has 2 aromatic rings. The maximum atomic E-state index is 11.2. The van der Waals surface area contributed by atoms with Crippen molar-refractivity contribution in [1.82, 2.24) is 9.97 Å². The molecule has 120 valence electrons. The average Bonchev–Trinajstić information content (AvgIpc) is 3.00. The highest BCUT2D eigenvalue weighted by atomic mass is 16.1. The molecule has 23 heavy (non-hydrogen) atoms. The predicted molar refractivity (Wildman–Crippen MR) is 92.2 cm³/mol. The van der Waals surface area contributed by atoms with Crippen LogP contribution in [0.5, 0.6) is 0 Å². The molecule has 2 heterocycles. The van der Waals surface area contributed by atoms with E-state index in [4.69, 9.17) is 0 Å². The number of carbonyl (C=O) groups is 1. The summed E-state index contributed by atoms with van der Waals surface area (Å²) in [5.41, 5.74) is 2.52. The minimum absolute atomic E-state index is 0.0923. The lowest BCUT2D eigenvalue weighted by Crippen LogP contribution is -2.19. The van der Waals surface area contributed by atoms with Crippen LogP contribution in [0.3, 0.4) is 0 Å². The first-order chi connectivity index (χ1) is 11.1. The molecule has 1 amide bonds. The Hall–Kier alpha value is -2.63. The number of anilines is 4. The van der Waals surface area contributed by atoms with E-state index >= 15 is 0 Å². The van der Waals surface area contributed by atoms with E-state index < -0.39 is 0 Å². The predicted octanol–water partition coefficient (Wildman–Crippen LogP) is 3.09. The van der Waals surface area contributed by atoms with Gasteiger partial charge in [-0.3, -0.25) is 4.79 Å². The third-order valence-electron chi connectivity index (χ3n) is 3.71. The van der Waals surface area contributed by atoms with E-state index in [1.807, 2.05) is 37.3 Å². The Labute approximate surface area is 135 Å². The van der Waals surface area contributed by atoms with Crippen LogP contribution >= 0.6 is 0 Å². The molecule has 0 aliphatic carbocycles. The number of benzene rings is 1. The van der Waals surface area contributed by atoms with E-state index in [9.17, 15) is 4.79 Å². The molecule has 6 nitrogen and oxygen atoms in total. The summed E-state index contributed by atoms with van der Waals surface area (Å²) < 4.78 is 0. The summed E-state index contributed by atoms with van der Waals surface area (Å²) in [5.74, 6) is 1.45. The molecule has 0 unspecified atom stereocenters. The summed E-state index contributed by atoms with van der Waals surface area (Å²) in [6.07, 6.45) is 2.43. The Morgan fingerprint density at radius 2 is 1.87 bits per heavy atom. The average molecular weight is 311 g/mol. The quantitative estimate of drug-likeness (QED) is 0.908. The first-order valence-electron chi connectivity index (χ1n) is 7.85. The Morgan fingerprint density at radius 3 is 2.61 bits per heavy atom. The monoisotopic (exact) mass is 311 g/mol. The second-order valence-electron chi connectivity index (χ2n) is 5.77. The lowest BCUT2D eigenvalue weighted by atomic mass is 10.2. The number of hydrogen-bond acceptors (Lipinski definition) is 5. The number of hydrogen-bond donors (Lipinski definition) is 2. The molecule has 0 atom stereocenters. The van der Waals surface area contributed by atoms with E-state index in [-0.39, 0.29) is 5.91 Å². The maximum absolute atomic E-state index is 11.2. The van der Waals surface area contributed by atoms with Crippen LogP contribution in [0.2, 0.25) is 0 Å². The standard InChI is InChI=1S/C17H21N5O/c1-12-10-16(22-8-3-4-9-22)21-17(18-12)20-15-7-5-6-14(11-15)19-13(2)23/h5-7,10-11H,3-4,8-9H2,1-2H3,(H,19,23)(H,18,20,21). The first kappa shape index (κ1) is 15.3. The molecule has 0 saturated carbocycles. The largest absolute Gasteiger partial charge is 0.356 e. The lowest BCUT2D eigenvalue weighted by Gasteiger charge is -2.17. The van der Waals surface area contributed by atoms with E-state index in [1.54, 1.807) is 0 Å². The topological polar surface area (TPSA) is 70.2 Å². The fourth-order valence-electron chi connectivity index (χ4n) is 2.72. The van der Waals surface area contributed by atoms with Gasteiger partial charge in [-0.15, -0.1) is 0 Å². The summed E-state index contributed by atoms with van der Waals surface area (Å²) in [4.78, 5) is 22.5. The highest BCUT2D eigenvalue weighted by Gasteiger charge is 2.15. The Balaban J connectivity index is 1.80. The Kier molecular flexibility index (Phi) is 4.41. The molecule has 0 radical (unpaired) electrons. The number of aromatic nitrogens is 2. The van der Waals surface area contributed by atoms with E-state index in [1.165, 1.54) is 19.8 Å². The molecule has 0 bridgehead atoms. The molecule has 2 N–H and O–H groups in total. The van der Waals surface area contributed by atoms with Gasteiger partial charge >= 0.3 is 0 Å². The van der Waals surface area contributed by atoms with Crippen molar-refractivity contribution in [2.45, 2.75) is 26.7 Å². The maximum Gasteiger partial charge on any atom is 0.229 e. The van der Waals surface area contributed by atoms with Crippen molar-refractivity contribution in [3.63, 3.8) is 0 Å². The van der Waals surface area contributed by atoms with Crippen molar-refractivity contribution in [2.75, 3.05) is 28.6 Å². The minimum atomic E-state index is -0.0923. The van der Waals surface area contributed by atoms with Crippen molar-refractivity contribution in [3.05, 3.63) is 36.0 Å². The molecule has 0 spiro atoms. The van der Waals surface area contributed by atoms with E-state index in [0.717, 1.165) is 36.0 Å². The Bertz CT molecular complexity index is 710. The summed E-state index contributed by atoms with van der Waals surface area (Å²) in [5, 5.41) is 5.99. The molecule has 1 aromatic carbocycles. The summed E-state index contributed by atoms with van der Waals surface area (Å²) in [7, 11) is 0. The van der Waals surface area contributed by atoms with Crippen LogP contribution in [-0.2, 0) is 4.79 Å². The van der Waals surface area contributed by atoms with Gasteiger partial charge in [-0.05, 0) is 38.0 Å². The summed E-state index contributed by atoms with van der Waals surface area (Å²) in [6, 6.07) is 9.53. The second-order valence-corrected chi connectivity index (χ2v) is 5.77. The zero-order valence-corrected chi connectivity index (χ0v) is 13.5. The zero-order chi connectivity index (χ0) is 16.2. The zero-order valence-electron chi connectivity index (χ0n) is 13.5.